The Kier molecular flexibility index (Phi) is 37.2. The first kappa shape index (κ1) is 30.3. The fraction of sp³-hybridized carbons (Fsp3) is 0.833. The van der Waals surface area contributed by atoms with Gasteiger partial charge in [0.25, 0.3) is 17.9 Å². The third kappa shape index (κ3) is 140. The minimum absolute atomic E-state index is 0.833. The van der Waals surface area contributed by atoms with Crippen LogP contribution in [-0.4, -0.2) is 33.2 Å². The number of carboxylic acids is 3. The maximum atomic E-state index is 9.00. The van der Waals surface area contributed by atoms with Crippen molar-refractivity contribution in [3.8, 4) is 0 Å². The Balaban J connectivity index is -0.000000137. The van der Waals surface area contributed by atoms with Crippen LogP contribution in [0.4, 0.5) is 0 Å². The van der Waals surface area contributed by atoms with Gasteiger partial charge in [0.1, 0.15) is 0 Å². The molecule has 0 aromatic heterocycles. The van der Waals surface area contributed by atoms with Crippen LogP contribution in [0.5, 0.6) is 0 Å². The molecule has 3 N–H and O–H groups in total. The van der Waals surface area contributed by atoms with E-state index < -0.39 is 17.9 Å². The molecule has 0 fully saturated rings. The molecule has 0 saturated heterocycles. The Labute approximate surface area is 147 Å². The van der Waals surface area contributed by atoms with Gasteiger partial charge in [0.05, 0.1) is 0 Å². The summed E-state index contributed by atoms with van der Waals surface area (Å²) in [6.45, 7) is 7.81. The van der Waals surface area contributed by atoms with E-state index in [4.69, 9.17) is 29.7 Å². The molecule has 0 radical (unpaired) electrons. The molecular weight excluding hydrogens is 312 g/mol. The molecule has 0 atom stereocenters. The normalized spacial score (nSPS) is 8.38. The zero-order valence-electron chi connectivity index (χ0n) is 16.1. The average Bonchev–Trinajstić information content (AvgIpc) is 2.40. The van der Waals surface area contributed by atoms with Crippen molar-refractivity contribution >= 4 is 17.9 Å². The van der Waals surface area contributed by atoms with E-state index in [1.807, 2.05) is 0 Å². The van der Waals surface area contributed by atoms with Crippen molar-refractivity contribution in [2.45, 2.75) is 98.8 Å². The van der Waals surface area contributed by atoms with Crippen LogP contribution in [0.15, 0.2) is 0 Å². The van der Waals surface area contributed by atoms with E-state index in [0.29, 0.717) is 0 Å². The van der Waals surface area contributed by atoms with Crippen LogP contribution in [-0.2, 0) is 14.4 Å². The molecule has 0 spiro atoms. The van der Waals surface area contributed by atoms with E-state index in [1.165, 1.54) is 64.2 Å². The highest BCUT2D eigenvalue weighted by atomic mass is 16.4. The van der Waals surface area contributed by atoms with Gasteiger partial charge >= 0.3 is 0 Å². The first-order chi connectivity index (χ1) is 11.1. The van der Waals surface area contributed by atoms with Gasteiger partial charge in [-0.25, -0.2) is 0 Å². The van der Waals surface area contributed by atoms with Crippen molar-refractivity contribution in [2.75, 3.05) is 0 Å². The van der Waals surface area contributed by atoms with Crippen LogP contribution in [0.1, 0.15) is 98.8 Å². The summed E-state index contributed by atoms with van der Waals surface area (Å²) in [7, 11) is 0. The van der Waals surface area contributed by atoms with Crippen LogP contribution in [0, 0.1) is 0 Å². The van der Waals surface area contributed by atoms with Crippen LogP contribution in [0.25, 0.3) is 0 Å². The maximum Gasteiger partial charge on any atom is 0.300 e. The largest absolute Gasteiger partial charge is 0.481 e. The molecule has 0 amide bonds. The highest BCUT2D eigenvalue weighted by Crippen LogP contribution is 2.09. The number of rotatable bonds is 9. The zero-order valence-corrected chi connectivity index (χ0v) is 16.1. The van der Waals surface area contributed by atoms with Crippen LogP contribution in [0.3, 0.4) is 0 Å². The highest BCUT2D eigenvalue weighted by Gasteiger charge is 1.90. The molecule has 0 rings (SSSR count). The molecule has 0 unspecified atom stereocenters. The Morgan fingerprint density at radius 1 is 0.500 bits per heavy atom. The Bertz CT molecular complexity index is 226. The molecule has 0 aliphatic rings. The van der Waals surface area contributed by atoms with Gasteiger partial charge in [-0.2, -0.15) is 0 Å². The van der Waals surface area contributed by atoms with Crippen molar-refractivity contribution < 1.29 is 29.7 Å². The molecule has 0 aliphatic carbocycles. The lowest BCUT2D eigenvalue weighted by Crippen LogP contribution is -1.80. The molecule has 24 heavy (non-hydrogen) atoms. The quantitative estimate of drug-likeness (QED) is 0.493. The summed E-state index contributed by atoms with van der Waals surface area (Å²) in [5.74, 6) is -2.50. The first-order valence-electron chi connectivity index (χ1n) is 8.70. The summed E-state index contributed by atoms with van der Waals surface area (Å²) in [4.78, 5) is 27.0. The van der Waals surface area contributed by atoms with Gasteiger partial charge in [-0.15, -0.1) is 0 Å². The SMILES string of the molecule is CC(=O)O.CC(=O)O.CC(=O)O.CCCCCCCCCCCC. The summed E-state index contributed by atoms with van der Waals surface area (Å²) in [5.41, 5.74) is 0. The lowest BCUT2D eigenvalue weighted by molar-refractivity contribution is -0.135. The summed E-state index contributed by atoms with van der Waals surface area (Å²) < 4.78 is 0. The molecule has 146 valence electrons. The van der Waals surface area contributed by atoms with E-state index in [2.05, 4.69) is 13.8 Å². The topological polar surface area (TPSA) is 112 Å². The summed E-state index contributed by atoms with van der Waals surface area (Å²) >= 11 is 0. The fourth-order valence-electron chi connectivity index (χ4n) is 1.56. The number of unbranched alkanes of at least 4 members (excludes halogenated alkanes) is 9. The van der Waals surface area contributed by atoms with E-state index in [-0.39, 0.29) is 0 Å². The molecule has 0 saturated carbocycles. The fourth-order valence-corrected chi connectivity index (χ4v) is 1.56. The molecular formula is C18H38O6. The van der Waals surface area contributed by atoms with Gasteiger partial charge in [0.2, 0.25) is 0 Å². The molecule has 0 bridgehead atoms. The monoisotopic (exact) mass is 350 g/mol. The second kappa shape index (κ2) is 29.4. The van der Waals surface area contributed by atoms with E-state index in [1.54, 1.807) is 0 Å². The lowest BCUT2D eigenvalue weighted by Gasteiger charge is -1.99. The molecule has 0 aliphatic heterocycles. The van der Waals surface area contributed by atoms with Gasteiger partial charge in [-0.05, 0) is 0 Å². The van der Waals surface area contributed by atoms with Gasteiger partial charge in [-0.1, -0.05) is 78.1 Å². The van der Waals surface area contributed by atoms with Crippen LogP contribution < -0.4 is 0 Å². The zero-order chi connectivity index (χ0) is 19.8. The third-order valence-corrected chi connectivity index (χ3v) is 2.46. The van der Waals surface area contributed by atoms with E-state index in [0.717, 1.165) is 20.8 Å². The number of carboxylic acid groups (broad SMARTS) is 3. The summed E-state index contributed by atoms with van der Waals surface area (Å²) in [5, 5.41) is 22.2. The highest BCUT2D eigenvalue weighted by molar-refractivity contribution is 5.63. The smallest absolute Gasteiger partial charge is 0.300 e. The van der Waals surface area contributed by atoms with Crippen molar-refractivity contribution in [2.24, 2.45) is 0 Å². The second-order valence-corrected chi connectivity index (χ2v) is 5.39. The lowest BCUT2D eigenvalue weighted by atomic mass is 10.1. The van der Waals surface area contributed by atoms with E-state index >= 15 is 0 Å². The minimum atomic E-state index is -0.833. The Morgan fingerprint density at radius 2 is 0.625 bits per heavy atom. The standard InChI is InChI=1S/C12H26.3C2H4O2/c1-3-5-7-9-11-12-10-8-6-4-2;3*1-2(3)4/h3-12H2,1-2H3;3*1H3,(H,3,4). The number of aliphatic carboxylic acids is 3. The van der Waals surface area contributed by atoms with E-state index in [9.17, 15) is 0 Å². The van der Waals surface area contributed by atoms with Gasteiger partial charge < -0.3 is 15.3 Å². The first-order valence-corrected chi connectivity index (χ1v) is 8.70. The average molecular weight is 350 g/mol. The number of hydrogen-bond acceptors (Lipinski definition) is 3. The van der Waals surface area contributed by atoms with Crippen LogP contribution in [0.2, 0.25) is 0 Å². The Hall–Kier alpha value is -1.59. The number of carbonyl (C=O) groups is 3. The van der Waals surface area contributed by atoms with Gasteiger partial charge in [-0.3, -0.25) is 14.4 Å². The molecule has 0 aromatic carbocycles. The van der Waals surface area contributed by atoms with Crippen molar-refractivity contribution in [1.29, 1.82) is 0 Å². The molecule has 6 heteroatoms. The summed E-state index contributed by atoms with van der Waals surface area (Å²) in [6.07, 6.45) is 14.4. The van der Waals surface area contributed by atoms with Gasteiger partial charge in [0, 0.05) is 20.8 Å². The van der Waals surface area contributed by atoms with Crippen LogP contribution >= 0.6 is 0 Å². The van der Waals surface area contributed by atoms with Crippen molar-refractivity contribution in [1.82, 2.24) is 0 Å². The second-order valence-electron chi connectivity index (χ2n) is 5.39. The Morgan fingerprint density at radius 3 is 0.750 bits per heavy atom. The number of hydrogen-bond donors (Lipinski definition) is 3. The predicted molar refractivity (Wildman–Crippen MR) is 97.4 cm³/mol. The summed E-state index contributed by atoms with van der Waals surface area (Å²) in [6, 6.07) is 0. The van der Waals surface area contributed by atoms with Crippen molar-refractivity contribution in [3.63, 3.8) is 0 Å². The maximum absolute atomic E-state index is 9.00. The van der Waals surface area contributed by atoms with Crippen molar-refractivity contribution in [3.05, 3.63) is 0 Å². The minimum Gasteiger partial charge on any atom is -0.481 e. The molecule has 6 nitrogen and oxygen atoms in total. The molecule has 0 heterocycles. The van der Waals surface area contributed by atoms with Gasteiger partial charge in [0.15, 0.2) is 0 Å². The molecule has 0 aromatic rings. The third-order valence-electron chi connectivity index (χ3n) is 2.46. The predicted octanol–water partition coefficient (Wildman–Crippen LogP) is 5.20.